The number of fused-ring (bicyclic) bond motifs is 2. The minimum Gasteiger partial charge on any atom is -0.478 e. The minimum atomic E-state index is -3.45. The lowest BCUT2D eigenvalue weighted by Gasteiger charge is -2.36. The highest BCUT2D eigenvalue weighted by molar-refractivity contribution is 8.77. The first-order valence-electron chi connectivity index (χ1n) is 6.39. The Kier molecular flexibility index (Phi) is 3.75. The van der Waals surface area contributed by atoms with Gasteiger partial charge in [-0.2, -0.15) is 0 Å². The average molecular weight is 365 g/mol. The van der Waals surface area contributed by atoms with Crippen LogP contribution in [0.2, 0.25) is 5.02 Å². The zero-order valence-electron chi connectivity index (χ0n) is 11.2. The summed E-state index contributed by atoms with van der Waals surface area (Å²) in [5.74, 6) is -0.0801. The molecule has 114 valence electrons. The highest BCUT2D eigenvalue weighted by atomic mass is 35.5. The third-order valence-corrected chi connectivity index (χ3v) is 9.50. The van der Waals surface area contributed by atoms with Crippen molar-refractivity contribution in [2.75, 3.05) is 11.5 Å². The van der Waals surface area contributed by atoms with Crippen LogP contribution in [0.5, 0.6) is 0 Å². The van der Waals surface area contributed by atoms with E-state index in [0.717, 1.165) is 12.2 Å². The molecule has 1 atom stereocenters. The number of carbonyl (C=O) groups is 1. The van der Waals surface area contributed by atoms with E-state index in [9.17, 15) is 18.3 Å². The molecule has 2 aliphatic heterocycles. The van der Waals surface area contributed by atoms with E-state index in [0.29, 0.717) is 17.5 Å². The van der Waals surface area contributed by atoms with Crippen molar-refractivity contribution in [3.8, 4) is 0 Å². The predicted octanol–water partition coefficient (Wildman–Crippen LogP) is 3.50. The van der Waals surface area contributed by atoms with Crippen molar-refractivity contribution in [3.05, 3.63) is 27.8 Å². The van der Waals surface area contributed by atoms with Crippen LogP contribution in [0.3, 0.4) is 0 Å². The summed E-state index contributed by atoms with van der Waals surface area (Å²) in [6.45, 7) is 1.69. The normalized spacial score (nSPS) is 26.8. The summed E-state index contributed by atoms with van der Waals surface area (Å²) >= 11 is 6.15. The second-order valence-electron chi connectivity index (χ2n) is 5.26. The fourth-order valence-corrected chi connectivity index (χ4v) is 9.15. The lowest BCUT2D eigenvalue weighted by Crippen LogP contribution is -2.33. The Hall–Kier alpha value is -0.370. The molecule has 1 spiro atoms. The van der Waals surface area contributed by atoms with Gasteiger partial charge in [0.15, 0.2) is 9.84 Å². The monoisotopic (exact) mass is 364 g/mol. The number of carboxylic acids is 1. The third-order valence-electron chi connectivity index (χ3n) is 4.07. The molecule has 1 N–H and O–H groups in total. The van der Waals surface area contributed by atoms with Crippen LogP contribution in [0.15, 0.2) is 11.0 Å². The van der Waals surface area contributed by atoms with Gasteiger partial charge >= 0.3 is 5.97 Å². The zero-order chi connectivity index (χ0) is 15.4. The van der Waals surface area contributed by atoms with Gasteiger partial charge < -0.3 is 5.11 Å². The largest absolute Gasteiger partial charge is 0.478 e. The number of hydrogen-bond donors (Lipinski definition) is 1. The second-order valence-corrected chi connectivity index (χ2v) is 10.5. The Balaban J connectivity index is 2.40. The number of hydrogen-bond acceptors (Lipinski definition) is 5. The molecule has 4 nitrogen and oxygen atoms in total. The lowest BCUT2D eigenvalue weighted by molar-refractivity contribution is 0.0695. The summed E-state index contributed by atoms with van der Waals surface area (Å²) in [6.07, 6.45) is 1.35. The third kappa shape index (κ3) is 2.29. The van der Waals surface area contributed by atoms with Gasteiger partial charge in [-0.1, -0.05) is 33.2 Å². The van der Waals surface area contributed by atoms with Crippen molar-refractivity contribution in [1.29, 1.82) is 0 Å². The van der Waals surface area contributed by atoms with Crippen LogP contribution in [-0.4, -0.2) is 31.0 Å². The Labute approximate surface area is 136 Å². The first-order valence-corrected chi connectivity index (χ1v) is 10.7. The quantitative estimate of drug-likeness (QED) is 0.769. The summed E-state index contributed by atoms with van der Waals surface area (Å²) < 4.78 is 24.5. The highest BCUT2D eigenvalue weighted by Gasteiger charge is 2.48. The van der Waals surface area contributed by atoms with Gasteiger partial charge in [0, 0.05) is 5.75 Å². The highest BCUT2D eigenvalue weighted by Crippen LogP contribution is 2.60. The Bertz CT molecular complexity index is 736. The van der Waals surface area contributed by atoms with Crippen LogP contribution < -0.4 is 0 Å². The van der Waals surface area contributed by atoms with Crippen LogP contribution in [0.4, 0.5) is 0 Å². The van der Waals surface area contributed by atoms with Gasteiger partial charge in [-0.3, -0.25) is 0 Å². The maximum absolute atomic E-state index is 12.4. The molecule has 1 unspecified atom stereocenters. The van der Waals surface area contributed by atoms with Crippen LogP contribution in [0, 0.1) is 6.92 Å². The van der Waals surface area contributed by atoms with Gasteiger partial charge in [-0.05, 0) is 37.0 Å². The number of sulfone groups is 1. The molecule has 2 heterocycles. The standard InChI is InChI=1S/C13H13ClO4S3/c1-7-8(12(15)16)6-9(14)11-10(7)13(2-4-19-20-13)3-5-21(11,17)18/h6H,2-5H2,1H3,(H,15,16). The zero-order valence-corrected chi connectivity index (χ0v) is 14.4. The van der Waals surface area contributed by atoms with Crippen LogP contribution in [0.25, 0.3) is 0 Å². The molecule has 0 amide bonds. The second kappa shape index (κ2) is 5.08. The lowest BCUT2D eigenvalue weighted by atomic mass is 9.86. The summed E-state index contributed by atoms with van der Waals surface area (Å²) in [5.41, 5.74) is 1.24. The Morgan fingerprint density at radius 1 is 1.43 bits per heavy atom. The van der Waals surface area contributed by atoms with E-state index in [1.165, 1.54) is 6.07 Å². The molecule has 1 fully saturated rings. The topological polar surface area (TPSA) is 71.4 Å². The summed E-state index contributed by atoms with van der Waals surface area (Å²) in [6, 6.07) is 1.27. The van der Waals surface area contributed by atoms with Crippen molar-refractivity contribution in [3.63, 3.8) is 0 Å². The molecule has 2 aliphatic rings. The Morgan fingerprint density at radius 2 is 2.14 bits per heavy atom. The van der Waals surface area contributed by atoms with Gasteiger partial charge in [-0.25, -0.2) is 13.2 Å². The molecule has 21 heavy (non-hydrogen) atoms. The van der Waals surface area contributed by atoms with Crippen LogP contribution in [0.1, 0.15) is 34.3 Å². The van der Waals surface area contributed by atoms with E-state index in [1.807, 2.05) is 0 Å². The van der Waals surface area contributed by atoms with E-state index in [-0.39, 0.29) is 26.0 Å². The van der Waals surface area contributed by atoms with Gasteiger partial charge in [0.25, 0.3) is 0 Å². The number of rotatable bonds is 1. The molecule has 8 heteroatoms. The first-order chi connectivity index (χ1) is 9.78. The fraction of sp³-hybridized carbons (Fsp3) is 0.462. The number of aromatic carboxylic acids is 1. The molecule has 0 radical (unpaired) electrons. The number of carboxylic acid groups (broad SMARTS) is 1. The number of benzene rings is 1. The molecule has 0 aromatic heterocycles. The van der Waals surface area contributed by atoms with Crippen molar-refractivity contribution in [2.45, 2.75) is 29.4 Å². The maximum atomic E-state index is 12.4. The summed E-state index contributed by atoms with van der Waals surface area (Å²) in [7, 11) is -0.0923. The predicted molar refractivity (Wildman–Crippen MR) is 86.2 cm³/mol. The van der Waals surface area contributed by atoms with Gasteiger partial charge in [0.05, 0.1) is 26.0 Å². The number of halogens is 1. The van der Waals surface area contributed by atoms with Crippen molar-refractivity contribution < 1.29 is 18.3 Å². The molecule has 1 aromatic rings. The van der Waals surface area contributed by atoms with E-state index in [1.54, 1.807) is 28.5 Å². The van der Waals surface area contributed by atoms with Crippen LogP contribution >= 0.6 is 33.2 Å². The average Bonchev–Trinajstić information content (AvgIpc) is 2.86. The van der Waals surface area contributed by atoms with Crippen molar-refractivity contribution in [1.82, 2.24) is 0 Å². The van der Waals surface area contributed by atoms with E-state index in [2.05, 4.69) is 0 Å². The Morgan fingerprint density at radius 3 is 2.71 bits per heavy atom. The van der Waals surface area contributed by atoms with Crippen molar-refractivity contribution in [2.24, 2.45) is 0 Å². The molecule has 0 bridgehead atoms. The van der Waals surface area contributed by atoms with Crippen LogP contribution in [-0.2, 0) is 14.6 Å². The molecule has 0 aliphatic carbocycles. The molecular formula is C13H13ClO4S3. The van der Waals surface area contributed by atoms with E-state index >= 15 is 0 Å². The first kappa shape index (κ1) is 15.5. The minimum absolute atomic E-state index is 0.0320. The van der Waals surface area contributed by atoms with Gasteiger partial charge in [0.2, 0.25) is 0 Å². The van der Waals surface area contributed by atoms with E-state index in [4.69, 9.17) is 11.6 Å². The molecule has 0 saturated carbocycles. The summed E-state index contributed by atoms with van der Waals surface area (Å²) in [4.78, 5) is 11.6. The van der Waals surface area contributed by atoms with Crippen molar-refractivity contribution >= 4 is 49.0 Å². The molecule has 1 saturated heterocycles. The summed E-state index contributed by atoms with van der Waals surface area (Å²) in [5, 5.41) is 9.36. The maximum Gasteiger partial charge on any atom is 0.336 e. The molecular weight excluding hydrogens is 352 g/mol. The van der Waals surface area contributed by atoms with Gasteiger partial charge in [-0.15, -0.1) is 0 Å². The SMILES string of the molecule is Cc1c(C(=O)O)cc(Cl)c2c1C1(CCSS1)CCS2(=O)=O. The smallest absolute Gasteiger partial charge is 0.336 e. The fourth-order valence-electron chi connectivity index (χ4n) is 3.06. The molecule has 1 aromatic carbocycles. The van der Waals surface area contributed by atoms with E-state index < -0.39 is 15.8 Å². The van der Waals surface area contributed by atoms with Gasteiger partial charge in [0.1, 0.15) is 0 Å². The molecule has 3 rings (SSSR count).